The van der Waals surface area contributed by atoms with Crippen molar-refractivity contribution in [3.63, 3.8) is 0 Å². The van der Waals surface area contributed by atoms with Gasteiger partial charge in [-0.2, -0.15) is 0 Å². The minimum absolute atomic E-state index is 0.487. The van der Waals surface area contributed by atoms with Crippen LogP contribution in [0.15, 0.2) is 78.4 Å². The molecule has 0 saturated heterocycles. The predicted octanol–water partition coefficient (Wildman–Crippen LogP) is 4.65. The normalized spacial score (nSPS) is 27.3. The molecule has 0 radical (unpaired) electrons. The Labute approximate surface area is 114 Å². The van der Waals surface area contributed by atoms with Gasteiger partial charge in [0.15, 0.2) is 0 Å². The molecule has 1 aromatic rings. The molecule has 3 aliphatic rings. The molecular formula is C19H16. The van der Waals surface area contributed by atoms with E-state index in [0.717, 1.165) is 0 Å². The summed E-state index contributed by atoms with van der Waals surface area (Å²) >= 11 is 0. The maximum absolute atomic E-state index is 2.36. The van der Waals surface area contributed by atoms with Crippen molar-refractivity contribution in [3.05, 3.63) is 89.6 Å². The first-order valence-electron chi connectivity index (χ1n) is 6.94. The summed E-state index contributed by atoms with van der Waals surface area (Å²) in [5.74, 6) is 1.50. The standard InChI is InChI=1S/C19H16/c1-2-7-14(6-1)17-10-5-11-18(17)19-13-12-15-8-3-4-9-16(15)19/h1-14,18-19H. The van der Waals surface area contributed by atoms with Crippen LogP contribution in [-0.4, -0.2) is 0 Å². The first kappa shape index (κ1) is 10.8. The molecule has 92 valence electrons. The molecule has 0 saturated carbocycles. The van der Waals surface area contributed by atoms with Crippen LogP contribution >= 0.6 is 0 Å². The summed E-state index contributed by atoms with van der Waals surface area (Å²) in [6.45, 7) is 0. The van der Waals surface area contributed by atoms with Crippen molar-refractivity contribution in [1.29, 1.82) is 0 Å². The summed E-state index contributed by atoms with van der Waals surface area (Å²) in [7, 11) is 0. The van der Waals surface area contributed by atoms with Crippen LogP contribution in [0.4, 0.5) is 0 Å². The second-order valence-corrected chi connectivity index (χ2v) is 5.39. The lowest BCUT2D eigenvalue weighted by Crippen LogP contribution is -2.12. The molecule has 4 rings (SSSR count). The molecule has 0 N–H and O–H groups in total. The van der Waals surface area contributed by atoms with Gasteiger partial charge in [0, 0.05) is 17.8 Å². The summed E-state index contributed by atoms with van der Waals surface area (Å²) in [5.41, 5.74) is 4.37. The Morgan fingerprint density at radius 2 is 1.58 bits per heavy atom. The van der Waals surface area contributed by atoms with E-state index in [2.05, 4.69) is 78.9 Å². The average Bonchev–Trinajstić information content (AvgIpc) is 3.17. The first-order valence-corrected chi connectivity index (χ1v) is 6.94. The molecule has 0 nitrogen and oxygen atoms in total. The third-order valence-electron chi connectivity index (χ3n) is 4.35. The zero-order chi connectivity index (χ0) is 12.7. The Balaban J connectivity index is 1.69. The number of fused-ring (bicyclic) bond motifs is 1. The van der Waals surface area contributed by atoms with Crippen molar-refractivity contribution in [1.82, 2.24) is 0 Å². The minimum Gasteiger partial charge on any atom is -0.0764 e. The molecule has 19 heavy (non-hydrogen) atoms. The molecule has 1 aromatic carbocycles. The zero-order valence-corrected chi connectivity index (χ0v) is 10.7. The summed E-state index contributed by atoms with van der Waals surface area (Å²) in [6, 6.07) is 8.75. The van der Waals surface area contributed by atoms with Crippen LogP contribution in [0.2, 0.25) is 0 Å². The van der Waals surface area contributed by atoms with Crippen molar-refractivity contribution in [2.45, 2.75) is 5.92 Å². The molecule has 0 bridgehead atoms. The van der Waals surface area contributed by atoms with Gasteiger partial charge in [0.1, 0.15) is 0 Å². The van der Waals surface area contributed by atoms with E-state index >= 15 is 0 Å². The van der Waals surface area contributed by atoms with Crippen molar-refractivity contribution in [2.75, 3.05) is 0 Å². The van der Waals surface area contributed by atoms with Gasteiger partial charge < -0.3 is 0 Å². The molecule has 2 unspecified atom stereocenters. The number of benzene rings is 1. The fraction of sp³-hybridized carbons (Fsp3) is 0.158. The van der Waals surface area contributed by atoms with Gasteiger partial charge in [-0.25, -0.2) is 0 Å². The molecule has 0 aliphatic heterocycles. The topological polar surface area (TPSA) is 0 Å². The number of hydrogen-bond donors (Lipinski definition) is 0. The van der Waals surface area contributed by atoms with Crippen LogP contribution in [0.5, 0.6) is 0 Å². The Kier molecular flexibility index (Phi) is 2.41. The van der Waals surface area contributed by atoms with E-state index in [1.54, 1.807) is 0 Å². The Bertz CT molecular complexity index is 640. The lowest BCUT2D eigenvalue weighted by Gasteiger charge is -2.23. The van der Waals surface area contributed by atoms with Crippen LogP contribution in [0.3, 0.4) is 0 Å². The van der Waals surface area contributed by atoms with E-state index < -0.39 is 0 Å². The third kappa shape index (κ3) is 1.67. The highest BCUT2D eigenvalue weighted by Gasteiger charge is 2.30. The largest absolute Gasteiger partial charge is 0.0764 e. The number of allylic oxidation sites excluding steroid dienone is 9. The number of hydrogen-bond acceptors (Lipinski definition) is 0. The van der Waals surface area contributed by atoms with Gasteiger partial charge in [0.05, 0.1) is 0 Å². The lowest BCUT2D eigenvalue weighted by molar-refractivity contribution is 0.645. The first-order chi connectivity index (χ1) is 9.43. The zero-order valence-electron chi connectivity index (χ0n) is 10.7. The Morgan fingerprint density at radius 1 is 0.737 bits per heavy atom. The van der Waals surface area contributed by atoms with Gasteiger partial charge in [0.25, 0.3) is 0 Å². The summed E-state index contributed by atoms with van der Waals surface area (Å²) in [6.07, 6.45) is 20.4. The van der Waals surface area contributed by atoms with Crippen LogP contribution in [0.25, 0.3) is 6.08 Å². The molecule has 3 aliphatic carbocycles. The molecule has 0 heterocycles. The summed E-state index contributed by atoms with van der Waals surface area (Å²) < 4.78 is 0. The highest BCUT2D eigenvalue weighted by atomic mass is 14.3. The van der Waals surface area contributed by atoms with E-state index in [1.807, 2.05) is 0 Å². The fourth-order valence-corrected chi connectivity index (χ4v) is 3.41. The SMILES string of the molecule is C1=CC(C2=CC=CC2C2C=Cc3ccccc32)C=C1. The van der Waals surface area contributed by atoms with Crippen LogP contribution in [0, 0.1) is 11.8 Å². The maximum atomic E-state index is 2.36. The van der Waals surface area contributed by atoms with E-state index in [1.165, 1.54) is 16.7 Å². The molecule has 0 amide bonds. The highest BCUT2D eigenvalue weighted by molar-refractivity contribution is 5.64. The molecule has 0 fully saturated rings. The summed E-state index contributed by atoms with van der Waals surface area (Å²) in [4.78, 5) is 0. The predicted molar refractivity (Wildman–Crippen MR) is 80.7 cm³/mol. The van der Waals surface area contributed by atoms with Crippen LogP contribution < -0.4 is 0 Å². The van der Waals surface area contributed by atoms with Gasteiger partial charge in [-0.3, -0.25) is 0 Å². The average molecular weight is 244 g/mol. The van der Waals surface area contributed by atoms with Gasteiger partial charge in [0.2, 0.25) is 0 Å². The smallest absolute Gasteiger partial charge is 0.0172 e. The van der Waals surface area contributed by atoms with Crippen molar-refractivity contribution < 1.29 is 0 Å². The van der Waals surface area contributed by atoms with Crippen molar-refractivity contribution in [2.24, 2.45) is 11.8 Å². The van der Waals surface area contributed by atoms with Crippen molar-refractivity contribution >= 4 is 6.08 Å². The third-order valence-corrected chi connectivity index (χ3v) is 4.35. The maximum Gasteiger partial charge on any atom is 0.0172 e. The Morgan fingerprint density at radius 3 is 2.47 bits per heavy atom. The van der Waals surface area contributed by atoms with Crippen LogP contribution in [-0.2, 0) is 0 Å². The van der Waals surface area contributed by atoms with E-state index in [9.17, 15) is 0 Å². The van der Waals surface area contributed by atoms with E-state index in [4.69, 9.17) is 0 Å². The molecule has 0 aromatic heterocycles. The quantitative estimate of drug-likeness (QED) is 0.710. The van der Waals surface area contributed by atoms with Crippen molar-refractivity contribution in [3.8, 4) is 0 Å². The van der Waals surface area contributed by atoms with Gasteiger partial charge >= 0.3 is 0 Å². The van der Waals surface area contributed by atoms with Crippen LogP contribution in [0.1, 0.15) is 17.0 Å². The second-order valence-electron chi connectivity index (χ2n) is 5.39. The molecular weight excluding hydrogens is 228 g/mol. The van der Waals surface area contributed by atoms with Gasteiger partial charge in [-0.1, -0.05) is 84.5 Å². The minimum atomic E-state index is 0.487. The van der Waals surface area contributed by atoms with E-state index in [-0.39, 0.29) is 0 Å². The van der Waals surface area contributed by atoms with E-state index in [0.29, 0.717) is 17.8 Å². The molecule has 2 atom stereocenters. The summed E-state index contributed by atoms with van der Waals surface area (Å²) in [5, 5.41) is 0. The fourth-order valence-electron chi connectivity index (χ4n) is 3.41. The molecule has 0 heteroatoms. The second kappa shape index (κ2) is 4.24. The number of rotatable bonds is 2. The Hall–Kier alpha value is -2.08. The lowest BCUT2D eigenvalue weighted by atomic mass is 9.80. The van der Waals surface area contributed by atoms with Gasteiger partial charge in [-0.05, 0) is 11.1 Å². The van der Waals surface area contributed by atoms with Gasteiger partial charge in [-0.15, -0.1) is 0 Å². The monoisotopic (exact) mass is 244 g/mol. The highest BCUT2D eigenvalue weighted by Crippen LogP contribution is 2.44. The molecule has 0 spiro atoms.